The van der Waals surface area contributed by atoms with Crippen LogP contribution in [-0.2, 0) is 37.5 Å². The molecule has 0 saturated carbocycles. The van der Waals surface area contributed by atoms with E-state index >= 15 is 0 Å². The molecule has 0 saturated heterocycles. The number of anilines is 1. The second-order valence-corrected chi connectivity index (χ2v) is 8.17. The monoisotopic (exact) mass is 613 g/mol. The van der Waals surface area contributed by atoms with E-state index in [4.69, 9.17) is 23.2 Å². The first-order valence-electron chi connectivity index (χ1n) is 8.85. The maximum atomic E-state index is 13.2. The largest absolute Gasteiger partial charge is 0.470 e. The number of hydrogen-bond donors (Lipinski definition) is 1. The van der Waals surface area contributed by atoms with Crippen LogP contribution in [-0.4, -0.2) is 40.5 Å². The van der Waals surface area contributed by atoms with Crippen molar-refractivity contribution >= 4 is 56.6 Å². The molecule has 0 aliphatic carbocycles. The Bertz CT molecular complexity index is 1160. The second kappa shape index (κ2) is 11.7. The summed E-state index contributed by atoms with van der Waals surface area (Å²) < 4.78 is 2.21. The second-order valence-electron chi connectivity index (χ2n) is 6.41. The fourth-order valence-corrected chi connectivity index (χ4v) is 3.83. The van der Waals surface area contributed by atoms with Crippen LogP contribution in [0.15, 0.2) is 47.2 Å². The number of hydrogen-bond acceptors (Lipinski definition) is 4. The van der Waals surface area contributed by atoms with E-state index in [1.165, 1.54) is 20.2 Å². The predicted octanol–water partition coefficient (Wildman–Crippen LogP) is 5.42. The summed E-state index contributed by atoms with van der Waals surface area (Å²) in [6.07, 6.45) is 3.25. The number of benzene rings is 1. The number of rotatable bonds is 6. The third kappa shape index (κ3) is 5.97. The number of nitrogens with zero attached hydrogens (tertiary/aromatic N) is 4. The molecule has 0 spiro atoms. The number of amides is 2. The third-order valence-corrected chi connectivity index (χ3v) is 5.20. The SMILES string of the molecule is CO[N-]N(C)C(=O)c1cc(Cl)cc(C)c1NC(=O)c1cc(Br)cn1-c1ncccc1Cl.[Y]. The summed E-state index contributed by atoms with van der Waals surface area (Å²) in [5, 5.41) is 4.53. The first kappa shape index (κ1) is 26.9. The summed E-state index contributed by atoms with van der Waals surface area (Å²) in [7, 11) is 2.75. The minimum absolute atomic E-state index is 0. The molecule has 12 heteroatoms. The number of nitrogens with one attached hydrogen (secondary N) is 1. The number of carbonyl (C=O) groups is 2. The van der Waals surface area contributed by atoms with Gasteiger partial charge in [-0.25, -0.2) is 4.98 Å². The van der Waals surface area contributed by atoms with E-state index in [2.05, 4.69) is 36.7 Å². The standard InChI is InChI=1S/C20H17BrCl2N5O3.Y/c1-11-7-13(22)9-14(20(30)27(2)26-31-3)17(11)25-19(29)16-8-12(21)10-28(16)18-15(23)5-4-6-24-18;/h4-10H,1-3H3,(H,25,29);/q-1;. The van der Waals surface area contributed by atoms with Gasteiger partial charge in [0.15, 0.2) is 5.82 Å². The molecule has 3 aromatic rings. The summed E-state index contributed by atoms with van der Waals surface area (Å²) in [6, 6.07) is 8.10. The molecule has 0 aliphatic heterocycles. The van der Waals surface area contributed by atoms with Crippen molar-refractivity contribution in [2.75, 3.05) is 19.5 Å². The van der Waals surface area contributed by atoms with E-state index in [1.54, 1.807) is 48.1 Å². The van der Waals surface area contributed by atoms with Gasteiger partial charge in [-0.1, -0.05) is 23.2 Å². The molecule has 0 fully saturated rings. The normalized spacial score (nSPS) is 10.4. The van der Waals surface area contributed by atoms with E-state index in [1.807, 2.05) is 0 Å². The Morgan fingerprint density at radius 1 is 1.28 bits per heavy atom. The van der Waals surface area contributed by atoms with Crippen LogP contribution in [0.1, 0.15) is 26.4 Å². The van der Waals surface area contributed by atoms with Gasteiger partial charge in [-0.15, -0.1) is 0 Å². The first-order chi connectivity index (χ1) is 14.7. The molecule has 2 heterocycles. The number of carbonyl (C=O) groups excluding carboxylic acids is 2. The molecule has 0 atom stereocenters. The van der Waals surface area contributed by atoms with Crippen molar-refractivity contribution in [1.29, 1.82) is 0 Å². The molecule has 32 heavy (non-hydrogen) atoms. The number of aromatic nitrogens is 2. The zero-order valence-corrected chi connectivity index (χ0v) is 23.2. The van der Waals surface area contributed by atoms with Crippen LogP contribution in [0.2, 0.25) is 10.0 Å². The van der Waals surface area contributed by atoms with Crippen molar-refractivity contribution in [1.82, 2.24) is 14.6 Å². The summed E-state index contributed by atoms with van der Waals surface area (Å²) in [4.78, 5) is 34.9. The van der Waals surface area contributed by atoms with Gasteiger partial charge in [-0.05, 0) is 65.8 Å². The van der Waals surface area contributed by atoms with Crippen LogP contribution in [0.25, 0.3) is 11.4 Å². The van der Waals surface area contributed by atoms with Crippen molar-refractivity contribution in [2.45, 2.75) is 6.92 Å². The van der Waals surface area contributed by atoms with E-state index in [9.17, 15) is 9.59 Å². The maximum absolute atomic E-state index is 13.2. The van der Waals surface area contributed by atoms with Crippen LogP contribution in [0.4, 0.5) is 5.69 Å². The Labute approximate surface area is 228 Å². The Balaban J connectivity index is 0.00000363. The van der Waals surface area contributed by atoms with Crippen LogP contribution in [0, 0.1) is 6.92 Å². The van der Waals surface area contributed by atoms with Gasteiger partial charge in [0.25, 0.3) is 5.91 Å². The van der Waals surface area contributed by atoms with Crippen LogP contribution >= 0.6 is 39.1 Å². The fourth-order valence-electron chi connectivity index (χ4n) is 2.92. The Kier molecular flexibility index (Phi) is 9.84. The van der Waals surface area contributed by atoms with Crippen LogP contribution in [0.5, 0.6) is 0 Å². The predicted molar refractivity (Wildman–Crippen MR) is 123 cm³/mol. The minimum atomic E-state index is -0.507. The summed E-state index contributed by atoms with van der Waals surface area (Å²) in [5.41, 5.74) is 4.92. The molecule has 3 rings (SSSR count). The van der Waals surface area contributed by atoms with Gasteiger partial charge in [-0.2, -0.15) is 0 Å². The molecule has 8 nitrogen and oxygen atoms in total. The quantitative estimate of drug-likeness (QED) is 0.376. The van der Waals surface area contributed by atoms with Crippen LogP contribution < -0.4 is 5.32 Å². The Hall–Kier alpha value is -1.33. The van der Waals surface area contributed by atoms with Gasteiger partial charge >= 0.3 is 0 Å². The molecular formula is C20H17BrCl2N5O3Y-. The summed E-state index contributed by atoms with van der Waals surface area (Å²) >= 11 is 15.8. The summed E-state index contributed by atoms with van der Waals surface area (Å²) in [5.74, 6) is -0.590. The average molecular weight is 615 g/mol. The van der Waals surface area contributed by atoms with E-state index < -0.39 is 11.8 Å². The van der Waals surface area contributed by atoms with E-state index in [0.717, 1.165) is 5.01 Å². The van der Waals surface area contributed by atoms with Gasteiger partial charge in [0, 0.05) is 61.7 Å². The molecule has 0 aliphatic rings. The van der Waals surface area contributed by atoms with E-state index in [0.29, 0.717) is 31.6 Å². The van der Waals surface area contributed by atoms with E-state index in [-0.39, 0.29) is 44.0 Å². The maximum Gasteiger partial charge on any atom is 0.272 e. The molecular weight excluding hydrogens is 598 g/mol. The number of aryl methyl sites for hydroxylation is 1. The Morgan fingerprint density at radius 2 is 2.00 bits per heavy atom. The third-order valence-electron chi connectivity index (χ3n) is 4.25. The molecule has 1 aromatic carbocycles. The number of halogens is 3. The fraction of sp³-hybridized carbons (Fsp3) is 0.150. The number of pyridine rings is 1. The van der Waals surface area contributed by atoms with Crippen molar-refractivity contribution in [3.05, 3.63) is 79.7 Å². The molecule has 1 radical (unpaired) electrons. The van der Waals surface area contributed by atoms with Gasteiger partial charge in [0.05, 0.1) is 16.3 Å². The molecule has 2 aromatic heterocycles. The van der Waals surface area contributed by atoms with Crippen molar-refractivity contribution in [3.8, 4) is 5.82 Å². The zero-order valence-electron chi connectivity index (χ0n) is 17.3. The molecule has 0 unspecified atom stereocenters. The van der Waals surface area contributed by atoms with Crippen molar-refractivity contribution < 1.29 is 47.1 Å². The van der Waals surface area contributed by atoms with Crippen molar-refractivity contribution in [2.24, 2.45) is 0 Å². The molecule has 0 bridgehead atoms. The molecule has 1 N–H and O–H groups in total. The van der Waals surface area contributed by atoms with Gasteiger partial charge in [-0.3, -0.25) is 14.2 Å². The first-order valence-corrected chi connectivity index (χ1v) is 10.4. The van der Waals surface area contributed by atoms with Crippen molar-refractivity contribution in [3.63, 3.8) is 0 Å². The molecule has 2 amide bonds. The molecule has 165 valence electrons. The topological polar surface area (TPSA) is 90.6 Å². The minimum Gasteiger partial charge on any atom is -0.470 e. The van der Waals surface area contributed by atoms with Crippen LogP contribution in [0.3, 0.4) is 0 Å². The summed E-state index contributed by atoms with van der Waals surface area (Å²) in [6.45, 7) is 1.73. The zero-order chi connectivity index (χ0) is 22.7. The van der Waals surface area contributed by atoms with Gasteiger partial charge in [0.1, 0.15) is 5.69 Å². The Morgan fingerprint density at radius 3 is 2.66 bits per heavy atom. The van der Waals surface area contributed by atoms with Gasteiger partial charge in [0.2, 0.25) is 5.91 Å². The average Bonchev–Trinajstić information content (AvgIpc) is 3.11. The van der Waals surface area contributed by atoms with Gasteiger partial charge < -0.3 is 20.8 Å². The smallest absolute Gasteiger partial charge is 0.272 e.